The van der Waals surface area contributed by atoms with Crippen LogP contribution in [0.4, 0.5) is 11.4 Å². The number of benzene rings is 1. The maximum atomic E-state index is 12.1. The molecule has 0 saturated heterocycles. The third-order valence-corrected chi connectivity index (χ3v) is 5.25. The van der Waals surface area contributed by atoms with E-state index in [4.69, 9.17) is 4.74 Å². The molecule has 1 aromatic carbocycles. The average Bonchev–Trinajstić information content (AvgIpc) is 2.44. The van der Waals surface area contributed by atoms with Crippen LogP contribution in [0.5, 0.6) is 0 Å². The number of nitrogens with zero attached hydrogens (tertiary/aromatic N) is 1. The highest BCUT2D eigenvalue weighted by atomic mass is 32.2. The Morgan fingerprint density at radius 3 is 2.78 bits per heavy atom. The Bertz CT molecular complexity index is 671. The van der Waals surface area contributed by atoms with Crippen molar-refractivity contribution >= 4 is 27.3 Å². The maximum absolute atomic E-state index is 12.1. The molecule has 0 aromatic heterocycles. The van der Waals surface area contributed by atoms with Gasteiger partial charge in [0.1, 0.15) is 6.61 Å². The van der Waals surface area contributed by atoms with Gasteiger partial charge in [-0.25, -0.2) is 8.42 Å². The van der Waals surface area contributed by atoms with Crippen molar-refractivity contribution in [2.24, 2.45) is 5.92 Å². The molecule has 23 heavy (non-hydrogen) atoms. The topological polar surface area (TPSA) is 75.7 Å². The molecule has 0 aliphatic carbocycles. The molecule has 1 aliphatic rings. The minimum absolute atomic E-state index is 0.0439. The van der Waals surface area contributed by atoms with Crippen LogP contribution < -0.4 is 9.62 Å². The van der Waals surface area contributed by atoms with Crippen LogP contribution in [0.3, 0.4) is 0 Å². The molecule has 7 heteroatoms. The molecule has 0 saturated carbocycles. The van der Waals surface area contributed by atoms with E-state index >= 15 is 0 Å². The number of methoxy groups -OCH3 is 1. The van der Waals surface area contributed by atoms with E-state index in [2.05, 4.69) is 4.72 Å². The number of hydrogen-bond donors (Lipinski definition) is 1. The van der Waals surface area contributed by atoms with Crippen molar-refractivity contribution in [2.45, 2.75) is 26.7 Å². The van der Waals surface area contributed by atoms with Gasteiger partial charge in [0.15, 0.2) is 0 Å². The SMILES string of the molecule is COCC(=O)N1CCCc2cc(NS(=O)(=O)CC(C)C)ccc21. The Balaban J connectivity index is 2.21. The fourth-order valence-corrected chi connectivity index (χ4v) is 4.23. The van der Waals surface area contributed by atoms with Crippen LogP contribution in [0.2, 0.25) is 0 Å². The second-order valence-electron chi connectivity index (χ2n) is 6.20. The molecule has 0 radical (unpaired) electrons. The number of ether oxygens (including phenoxy) is 1. The molecular formula is C16H24N2O4S. The Morgan fingerprint density at radius 2 is 2.13 bits per heavy atom. The molecule has 128 valence electrons. The molecule has 1 amide bonds. The number of fused-ring (bicyclic) bond motifs is 1. The first-order valence-corrected chi connectivity index (χ1v) is 9.40. The van der Waals surface area contributed by atoms with Crippen LogP contribution in [-0.4, -0.2) is 40.3 Å². The Labute approximate surface area is 137 Å². The van der Waals surface area contributed by atoms with Gasteiger partial charge < -0.3 is 9.64 Å². The van der Waals surface area contributed by atoms with Crippen molar-refractivity contribution in [3.05, 3.63) is 23.8 Å². The molecule has 1 heterocycles. The second kappa shape index (κ2) is 7.31. The summed E-state index contributed by atoms with van der Waals surface area (Å²) in [6.07, 6.45) is 1.68. The summed E-state index contributed by atoms with van der Waals surface area (Å²) in [6, 6.07) is 5.32. The van der Waals surface area contributed by atoms with Crippen molar-refractivity contribution in [3.8, 4) is 0 Å². The first-order valence-electron chi connectivity index (χ1n) is 7.75. The molecule has 1 aliphatic heterocycles. The van der Waals surface area contributed by atoms with Gasteiger partial charge in [-0.2, -0.15) is 0 Å². The molecule has 0 fully saturated rings. The normalized spacial score (nSPS) is 14.7. The summed E-state index contributed by atoms with van der Waals surface area (Å²) in [5.74, 6) is 0.0663. The largest absolute Gasteiger partial charge is 0.375 e. The smallest absolute Gasteiger partial charge is 0.252 e. The third-order valence-electron chi connectivity index (χ3n) is 3.59. The average molecular weight is 340 g/mol. The maximum Gasteiger partial charge on any atom is 0.252 e. The Morgan fingerprint density at radius 1 is 1.39 bits per heavy atom. The van der Waals surface area contributed by atoms with Crippen LogP contribution in [-0.2, 0) is 26.0 Å². The summed E-state index contributed by atoms with van der Waals surface area (Å²) in [4.78, 5) is 13.8. The number of hydrogen-bond acceptors (Lipinski definition) is 4. The lowest BCUT2D eigenvalue weighted by molar-refractivity contribution is -0.122. The predicted molar refractivity (Wildman–Crippen MR) is 91.2 cm³/mol. The number of amides is 1. The molecule has 0 spiro atoms. The number of nitrogens with one attached hydrogen (secondary N) is 1. The van der Waals surface area contributed by atoms with Gasteiger partial charge in [-0.3, -0.25) is 9.52 Å². The summed E-state index contributed by atoms with van der Waals surface area (Å²) in [6.45, 7) is 4.44. The third kappa shape index (κ3) is 4.68. The van der Waals surface area contributed by atoms with Crippen LogP contribution >= 0.6 is 0 Å². The minimum atomic E-state index is -3.35. The van der Waals surface area contributed by atoms with Crippen molar-refractivity contribution in [1.82, 2.24) is 0 Å². The molecule has 1 aromatic rings. The molecule has 6 nitrogen and oxygen atoms in total. The quantitative estimate of drug-likeness (QED) is 0.859. The molecule has 0 atom stereocenters. The van der Waals surface area contributed by atoms with Gasteiger partial charge in [-0.15, -0.1) is 0 Å². The van der Waals surface area contributed by atoms with Gasteiger partial charge in [0, 0.05) is 25.0 Å². The first-order chi connectivity index (χ1) is 10.8. The number of carbonyl (C=O) groups excluding carboxylic acids is 1. The summed E-state index contributed by atoms with van der Waals surface area (Å²) in [5.41, 5.74) is 2.36. The predicted octanol–water partition coefficient (Wildman–Crippen LogP) is 2.01. The summed E-state index contributed by atoms with van der Waals surface area (Å²) < 4.78 is 31.6. The molecule has 2 rings (SSSR count). The lowest BCUT2D eigenvalue weighted by Gasteiger charge is -2.29. The van der Waals surface area contributed by atoms with Gasteiger partial charge in [-0.05, 0) is 42.5 Å². The van der Waals surface area contributed by atoms with Crippen LogP contribution in [0, 0.1) is 5.92 Å². The van der Waals surface area contributed by atoms with E-state index < -0.39 is 10.0 Å². The summed E-state index contributed by atoms with van der Waals surface area (Å²) >= 11 is 0. The lowest BCUT2D eigenvalue weighted by Crippen LogP contribution is -2.37. The zero-order valence-corrected chi connectivity index (χ0v) is 14.6. The van der Waals surface area contributed by atoms with E-state index in [9.17, 15) is 13.2 Å². The van der Waals surface area contributed by atoms with Gasteiger partial charge >= 0.3 is 0 Å². The number of aryl methyl sites for hydroxylation is 1. The molecule has 0 unspecified atom stereocenters. The van der Waals surface area contributed by atoms with E-state index in [0.29, 0.717) is 12.2 Å². The van der Waals surface area contributed by atoms with E-state index in [0.717, 1.165) is 24.1 Å². The molecule has 1 N–H and O–H groups in total. The highest BCUT2D eigenvalue weighted by Gasteiger charge is 2.23. The fourth-order valence-electron chi connectivity index (χ4n) is 2.78. The van der Waals surface area contributed by atoms with Gasteiger partial charge in [0.25, 0.3) is 5.91 Å². The Kier molecular flexibility index (Phi) is 5.64. The highest BCUT2D eigenvalue weighted by molar-refractivity contribution is 7.92. The Hall–Kier alpha value is -1.60. The highest BCUT2D eigenvalue weighted by Crippen LogP contribution is 2.30. The zero-order chi connectivity index (χ0) is 17.0. The summed E-state index contributed by atoms with van der Waals surface area (Å²) in [7, 11) is -1.85. The molecular weight excluding hydrogens is 316 g/mol. The van der Waals surface area contributed by atoms with Crippen LogP contribution in [0.25, 0.3) is 0 Å². The lowest BCUT2D eigenvalue weighted by atomic mass is 10.0. The summed E-state index contributed by atoms with van der Waals surface area (Å²) in [5, 5.41) is 0. The standard InChI is InChI=1S/C16H24N2O4S/c1-12(2)11-23(20,21)17-14-6-7-15-13(9-14)5-4-8-18(15)16(19)10-22-3/h6-7,9,12,17H,4-5,8,10-11H2,1-3H3. The van der Waals surface area contributed by atoms with E-state index in [1.807, 2.05) is 19.9 Å². The fraction of sp³-hybridized carbons (Fsp3) is 0.562. The number of sulfonamides is 1. The second-order valence-corrected chi connectivity index (χ2v) is 7.97. The number of carbonyl (C=O) groups is 1. The van der Waals surface area contributed by atoms with E-state index in [1.165, 1.54) is 7.11 Å². The van der Waals surface area contributed by atoms with E-state index in [1.54, 1.807) is 17.0 Å². The van der Waals surface area contributed by atoms with Crippen molar-refractivity contribution < 1.29 is 17.9 Å². The number of anilines is 2. The minimum Gasteiger partial charge on any atom is -0.375 e. The van der Waals surface area contributed by atoms with Gasteiger partial charge in [-0.1, -0.05) is 13.8 Å². The monoisotopic (exact) mass is 340 g/mol. The van der Waals surface area contributed by atoms with Crippen molar-refractivity contribution in [3.63, 3.8) is 0 Å². The first kappa shape index (κ1) is 17.7. The number of rotatable bonds is 6. The van der Waals surface area contributed by atoms with Gasteiger partial charge in [0.05, 0.1) is 5.75 Å². The molecule has 0 bridgehead atoms. The van der Waals surface area contributed by atoms with E-state index in [-0.39, 0.29) is 24.2 Å². The zero-order valence-electron chi connectivity index (χ0n) is 13.8. The van der Waals surface area contributed by atoms with Crippen LogP contribution in [0.1, 0.15) is 25.8 Å². The van der Waals surface area contributed by atoms with Crippen molar-refractivity contribution in [1.29, 1.82) is 0 Å². The van der Waals surface area contributed by atoms with Gasteiger partial charge in [0.2, 0.25) is 10.0 Å². The van der Waals surface area contributed by atoms with Crippen LogP contribution in [0.15, 0.2) is 18.2 Å². The van der Waals surface area contributed by atoms with Crippen molar-refractivity contribution in [2.75, 3.05) is 35.6 Å².